The van der Waals surface area contributed by atoms with Gasteiger partial charge in [0, 0.05) is 13.1 Å². The van der Waals surface area contributed by atoms with Crippen molar-refractivity contribution in [3.8, 4) is 0 Å². The third kappa shape index (κ3) is 2.93. The molecule has 2 unspecified atom stereocenters. The molecule has 2 bridgehead atoms. The summed E-state index contributed by atoms with van der Waals surface area (Å²) in [5.74, 6) is -0.907. The average molecular weight is 337 g/mol. The van der Waals surface area contributed by atoms with Crippen molar-refractivity contribution in [3.63, 3.8) is 0 Å². The standard InChI is InChI=1S/C15H19N3O6/c1-15(2,3)24-14(20)17-8-9-6-10(17)7-16(9)13(19)11-4-5-12(23-11)18(21)22/h4-5,9-10H,6-8H2,1-3H3. The molecule has 24 heavy (non-hydrogen) atoms. The van der Waals surface area contributed by atoms with Crippen LogP contribution >= 0.6 is 0 Å². The molecule has 1 aromatic heterocycles. The number of nitrogens with zero attached hydrogens (tertiary/aromatic N) is 3. The van der Waals surface area contributed by atoms with Gasteiger partial charge in [0.25, 0.3) is 5.91 Å². The highest BCUT2D eigenvalue weighted by atomic mass is 16.6. The molecular formula is C15H19N3O6. The normalized spacial score (nSPS) is 22.8. The number of piperazine rings is 1. The first-order chi connectivity index (χ1) is 11.2. The fourth-order valence-corrected chi connectivity index (χ4v) is 3.14. The first kappa shape index (κ1) is 16.3. The summed E-state index contributed by atoms with van der Waals surface area (Å²) >= 11 is 0. The zero-order valence-corrected chi connectivity index (χ0v) is 13.7. The Hall–Kier alpha value is -2.58. The lowest BCUT2D eigenvalue weighted by atomic mass is 10.2. The minimum Gasteiger partial charge on any atom is -0.444 e. The predicted molar refractivity (Wildman–Crippen MR) is 81.5 cm³/mol. The molecule has 3 rings (SSSR count). The molecule has 0 radical (unpaired) electrons. The van der Waals surface area contributed by atoms with Gasteiger partial charge in [0.15, 0.2) is 5.76 Å². The number of nitro groups is 1. The van der Waals surface area contributed by atoms with Crippen molar-refractivity contribution in [1.82, 2.24) is 9.80 Å². The van der Waals surface area contributed by atoms with Crippen LogP contribution in [-0.4, -0.2) is 57.5 Å². The van der Waals surface area contributed by atoms with Gasteiger partial charge in [-0.3, -0.25) is 14.9 Å². The highest BCUT2D eigenvalue weighted by molar-refractivity contribution is 5.92. The fourth-order valence-electron chi connectivity index (χ4n) is 3.14. The lowest BCUT2D eigenvalue weighted by Crippen LogP contribution is -2.51. The van der Waals surface area contributed by atoms with E-state index in [1.165, 1.54) is 6.07 Å². The number of likely N-dealkylation sites (tertiary alicyclic amines) is 2. The number of carbonyl (C=O) groups is 2. The fraction of sp³-hybridized carbons (Fsp3) is 0.600. The summed E-state index contributed by atoms with van der Waals surface area (Å²) in [6, 6.07) is 2.24. The van der Waals surface area contributed by atoms with Crippen LogP contribution in [0.4, 0.5) is 10.7 Å². The number of rotatable bonds is 2. The van der Waals surface area contributed by atoms with Gasteiger partial charge in [-0.25, -0.2) is 4.79 Å². The Balaban J connectivity index is 1.65. The lowest BCUT2D eigenvalue weighted by molar-refractivity contribution is -0.402. The summed E-state index contributed by atoms with van der Waals surface area (Å²) in [6.45, 7) is 6.18. The van der Waals surface area contributed by atoms with E-state index in [0.717, 1.165) is 6.07 Å². The maximum atomic E-state index is 12.5. The van der Waals surface area contributed by atoms with E-state index in [1.54, 1.807) is 30.6 Å². The van der Waals surface area contributed by atoms with Crippen molar-refractivity contribution < 1.29 is 23.7 Å². The van der Waals surface area contributed by atoms with Crippen molar-refractivity contribution >= 4 is 17.9 Å². The van der Waals surface area contributed by atoms with Gasteiger partial charge in [-0.2, -0.15) is 0 Å². The predicted octanol–water partition coefficient (Wildman–Crippen LogP) is 2.02. The summed E-state index contributed by atoms with van der Waals surface area (Å²) in [7, 11) is 0. The van der Waals surface area contributed by atoms with Gasteiger partial charge in [0.2, 0.25) is 0 Å². The molecule has 130 valence electrons. The Labute approximate surface area is 138 Å². The molecular weight excluding hydrogens is 318 g/mol. The van der Waals surface area contributed by atoms with E-state index in [1.807, 2.05) is 0 Å². The summed E-state index contributed by atoms with van der Waals surface area (Å²) in [4.78, 5) is 37.8. The second kappa shape index (κ2) is 5.50. The van der Waals surface area contributed by atoms with Crippen LogP contribution in [0.15, 0.2) is 16.5 Å². The molecule has 0 spiro atoms. The summed E-state index contributed by atoms with van der Waals surface area (Å²) < 4.78 is 10.3. The smallest absolute Gasteiger partial charge is 0.433 e. The van der Waals surface area contributed by atoms with Crippen molar-refractivity contribution in [2.75, 3.05) is 13.1 Å². The van der Waals surface area contributed by atoms with Crippen molar-refractivity contribution in [2.24, 2.45) is 0 Å². The Morgan fingerprint density at radius 2 is 1.88 bits per heavy atom. The molecule has 0 N–H and O–H groups in total. The second-order valence-electron chi connectivity index (χ2n) is 7.03. The van der Waals surface area contributed by atoms with E-state index in [9.17, 15) is 19.7 Å². The van der Waals surface area contributed by atoms with E-state index in [4.69, 9.17) is 9.15 Å². The third-order valence-electron chi connectivity index (χ3n) is 4.11. The molecule has 2 atom stereocenters. The molecule has 1 aromatic rings. The molecule has 2 saturated heterocycles. The van der Waals surface area contributed by atoms with Gasteiger partial charge >= 0.3 is 12.0 Å². The summed E-state index contributed by atoms with van der Waals surface area (Å²) in [6.07, 6.45) is 0.295. The highest BCUT2D eigenvalue weighted by Crippen LogP contribution is 2.33. The van der Waals surface area contributed by atoms with Crippen LogP contribution in [0.3, 0.4) is 0 Å². The van der Waals surface area contributed by atoms with E-state index in [0.29, 0.717) is 19.5 Å². The third-order valence-corrected chi connectivity index (χ3v) is 4.11. The van der Waals surface area contributed by atoms with Crippen LogP contribution in [0.1, 0.15) is 37.7 Å². The number of hydrogen-bond donors (Lipinski definition) is 0. The van der Waals surface area contributed by atoms with Crippen LogP contribution in [0.2, 0.25) is 0 Å². The monoisotopic (exact) mass is 337 g/mol. The molecule has 2 aliphatic heterocycles. The number of amides is 2. The number of hydrogen-bond acceptors (Lipinski definition) is 6. The maximum absolute atomic E-state index is 12.5. The number of carbonyl (C=O) groups excluding carboxylic acids is 2. The average Bonchev–Trinajstić information content (AvgIpc) is 3.18. The summed E-state index contributed by atoms with van der Waals surface area (Å²) in [5, 5.41) is 10.6. The first-order valence-corrected chi connectivity index (χ1v) is 7.70. The first-order valence-electron chi connectivity index (χ1n) is 7.70. The zero-order chi connectivity index (χ0) is 17.6. The number of fused-ring (bicyclic) bond motifs is 2. The Morgan fingerprint density at radius 1 is 1.25 bits per heavy atom. The number of ether oxygens (including phenoxy) is 1. The molecule has 0 aromatic carbocycles. The minimum atomic E-state index is -0.683. The second-order valence-corrected chi connectivity index (χ2v) is 7.03. The van der Waals surface area contributed by atoms with Crippen molar-refractivity contribution in [3.05, 3.63) is 28.0 Å². The van der Waals surface area contributed by atoms with Gasteiger partial charge in [0.1, 0.15) is 10.5 Å². The van der Waals surface area contributed by atoms with Crippen LogP contribution in [0.25, 0.3) is 0 Å². The highest BCUT2D eigenvalue weighted by Gasteiger charge is 2.48. The largest absolute Gasteiger partial charge is 0.444 e. The molecule has 0 aliphatic carbocycles. The molecule has 0 saturated carbocycles. The summed E-state index contributed by atoms with van der Waals surface area (Å²) in [5.41, 5.74) is -0.568. The van der Waals surface area contributed by atoms with Crippen LogP contribution in [0.5, 0.6) is 0 Å². The van der Waals surface area contributed by atoms with Gasteiger partial charge in [-0.1, -0.05) is 0 Å². The Bertz CT molecular complexity index is 692. The van der Waals surface area contributed by atoms with Gasteiger partial charge < -0.3 is 19.0 Å². The van der Waals surface area contributed by atoms with E-state index < -0.39 is 16.4 Å². The van der Waals surface area contributed by atoms with E-state index in [2.05, 4.69) is 0 Å². The molecule has 2 aliphatic rings. The van der Waals surface area contributed by atoms with Crippen molar-refractivity contribution in [1.29, 1.82) is 0 Å². The van der Waals surface area contributed by atoms with Gasteiger partial charge in [-0.05, 0) is 33.3 Å². The van der Waals surface area contributed by atoms with Crippen LogP contribution < -0.4 is 0 Å². The lowest BCUT2D eigenvalue weighted by Gasteiger charge is -2.34. The van der Waals surface area contributed by atoms with Crippen LogP contribution in [-0.2, 0) is 4.74 Å². The van der Waals surface area contributed by atoms with Gasteiger partial charge in [0.05, 0.1) is 18.2 Å². The van der Waals surface area contributed by atoms with Crippen LogP contribution in [0, 0.1) is 10.1 Å². The Kier molecular flexibility index (Phi) is 3.73. The van der Waals surface area contributed by atoms with Gasteiger partial charge in [-0.15, -0.1) is 0 Å². The quantitative estimate of drug-likeness (QED) is 0.604. The van der Waals surface area contributed by atoms with Crippen molar-refractivity contribution in [2.45, 2.75) is 44.9 Å². The van der Waals surface area contributed by atoms with E-state index >= 15 is 0 Å². The zero-order valence-electron chi connectivity index (χ0n) is 13.7. The molecule has 9 nitrogen and oxygen atoms in total. The van der Waals surface area contributed by atoms with E-state index in [-0.39, 0.29) is 29.8 Å². The maximum Gasteiger partial charge on any atom is 0.433 e. The molecule has 2 amide bonds. The SMILES string of the molecule is CC(C)(C)OC(=O)N1CC2CC1CN2C(=O)c1ccc([N+](=O)[O-])o1. The molecule has 3 heterocycles. The molecule has 2 fully saturated rings. The Morgan fingerprint density at radius 3 is 2.38 bits per heavy atom. The minimum absolute atomic E-state index is 0.0573. The number of furan rings is 1. The topological polar surface area (TPSA) is 106 Å². The molecule has 9 heteroatoms.